The molecule has 6 nitrogen and oxygen atoms in total. The largest absolute Gasteiger partial charge is 0.317 e. The summed E-state index contributed by atoms with van der Waals surface area (Å²) >= 11 is 1.14. The van der Waals surface area contributed by atoms with Gasteiger partial charge in [0.2, 0.25) is 5.13 Å². The third kappa shape index (κ3) is 4.48. The van der Waals surface area contributed by atoms with E-state index in [0.29, 0.717) is 16.3 Å². The number of hydrogen-bond donors (Lipinski definition) is 1. The molecule has 1 amide bonds. The quantitative estimate of drug-likeness (QED) is 0.335. The molecule has 0 saturated carbocycles. The van der Waals surface area contributed by atoms with Crippen LogP contribution in [0.25, 0.3) is 22.3 Å². The Hall–Kier alpha value is -4.09. The first-order chi connectivity index (χ1) is 15.4. The number of nitriles is 1. The monoisotopic (exact) mass is 443 g/mol. The number of carbonyl (C=O) groups excluding carboxylic acids is 1. The summed E-state index contributed by atoms with van der Waals surface area (Å²) in [4.78, 5) is 12.7. The van der Waals surface area contributed by atoms with Gasteiger partial charge in [-0.2, -0.15) is 5.26 Å². The minimum absolute atomic E-state index is 0.0627. The number of benzene rings is 2. The Morgan fingerprint density at radius 3 is 2.62 bits per heavy atom. The summed E-state index contributed by atoms with van der Waals surface area (Å²) < 4.78 is 15.0. The van der Waals surface area contributed by atoms with E-state index in [1.54, 1.807) is 12.1 Å². The van der Waals surface area contributed by atoms with Crippen molar-refractivity contribution < 1.29 is 9.18 Å². The lowest BCUT2D eigenvalue weighted by molar-refractivity contribution is -0.112. The second kappa shape index (κ2) is 8.96. The zero-order valence-electron chi connectivity index (χ0n) is 17.3. The van der Waals surface area contributed by atoms with E-state index >= 15 is 0 Å². The van der Waals surface area contributed by atoms with Gasteiger partial charge in [0.1, 0.15) is 22.5 Å². The Kier molecular flexibility index (Phi) is 5.92. The maximum Gasteiger partial charge on any atom is 0.268 e. The average molecular weight is 444 g/mol. The van der Waals surface area contributed by atoms with Gasteiger partial charge in [-0.1, -0.05) is 17.4 Å². The van der Waals surface area contributed by atoms with E-state index < -0.39 is 5.91 Å². The molecular formula is C24H18FN5OS. The van der Waals surface area contributed by atoms with Crippen LogP contribution in [0.3, 0.4) is 0 Å². The Morgan fingerprint density at radius 2 is 1.91 bits per heavy atom. The van der Waals surface area contributed by atoms with Gasteiger partial charge in [-0.05, 0) is 79.6 Å². The molecule has 32 heavy (non-hydrogen) atoms. The maximum absolute atomic E-state index is 13.1. The van der Waals surface area contributed by atoms with Gasteiger partial charge >= 0.3 is 0 Å². The van der Waals surface area contributed by atoms with Crippen molar-refractivity contribution in [2.45, 2.75) is 13.8 Å². The number of rotatable bonds is 5. The first kappa shape index (κ1) is 21.2. The van der Waals surface area contributed by atoms with E-state index in [9.17, 15) is 14.4 Å². The third-order valence-corrected chi connectivity index (χ3v) is 5.83. The average Bonchev–Trinajstić information content (AvgIpc) is 3.44. The number of halogens is 1. The van der Waals surface area contributed by atoms with Crippen molar-refractivity contribution in [1.82, 2.24) is 14.8 Å². The van der Waals surface area contributed by atoms with Crippen LogP contribution >= 0.6 is 11.3 Å². The van der Waals surface area contributed by atoms with Gasteiger partial charge in [-0.15, -0.1) is 10.2 Å². The molecule has 4 aromatic rings. The second-order valence-corrected chi connectivity index (χ2v) is 8.09. The van der Waals surface area contributed by atoms with Crippen LogP contribution in [0, 0.1) is 31.0 Å². The molecule has 0 fully saturated rings. The summed E-state index contributed by atoms with van der Waals surface area (Å²) in [5, 5.41) is 20.9. The summed E-state index contributed by atoms with van der Waals surface area (Å²) in [6.45, 7) is 4.08. The molecular weight excluding hydrogens is 425 g/mol. The Bertz CT molecular complexity index is 1360. The van der Waals surface area contributed by atoms with Gasteiger partial charge in [0.05, 0.1) is 0 Å². The lowest BCUT2D eigenvalue weighted by atomic mass is 10.1. The lowest BCUT2D eigenvalue weighted by Crippen LogP contribution is -2.13. The first-order valence-corrected chi connectivity index (χ1v) is 10.5. The molecule has 0 radical (unpaired) electrons. The van der Waals surface area contributed by atoms with Crippen LogP contribution in [0.4, 0.5) is 9.52 Å². The molecule has 2 heterocycles. The molecule has 0 atom stereocenters. The van der Waals surface area contributed by atoms with Crippen LogP contribution in [0.2, 0.25) is 0 Å². The summed E-state index contributed by atoms with van der Waals surface area (Å²) in [6.07, 6.45) is 3.41. The molecule has 158 valence electrons. The molecule has 0 bridgehead atoms. The predicted molar refractivity (Wildman–Crippen MR) is 123 cm³/mol. The molecule has 2 aromatic carbocycles. The molecule has 0 aliphatic carbocycles. The van der Waals surface area contributed by atoms with Gasteiger partial charge in [0.15, 0.2) is 0 Å². The minimum atomic E-state index is -0.581. The molecule has 0 aliphatic rings. The molecule has 4 rings (SSSR count). The van der Waals surface area contributed by atoms with Crippen LogP contribution in [-0.4, -0.2) is 20.7 Å². The number of aromatic nitrogens is 3. The molecule has 0 aliphatic heterocycles. The number of nitrogens with one attached hydrogen (secondary N) is 1. The summed E-state index contributed by atoms with van der Waals surface area (Å²) in [5.41, 5.74) is 4.60. The van der Waals surface area contributed by atoms with Crippen molar-refractivity contribution >= 4 is 28.5 Å². The number of carbonyl (C=O) groups is 1. The van der Waals surface area contributed by atoms with Crippen molar-refractivity contribution in [3.8, 4) is 22.3 Å². The Morgan fingerprint density at radius 1 is 1.12 bits per heavy atom. The highest BCUT2D eigenvalue weighted by Crippen LogP contribution is 2.27. The van der Waals surface area contributed by atoms with Crippen LogP contribution in [0.5, 0.6) is 0 Å². The van der Waals surface area contributed by atoms with Crippen molar-refractivity contribution in [2.24, 2.45) is 0 Å². The standard InChI is InChI=1S/C24H18FN5OS/c1-15-5-10-21(12-16(15)2)30-11-3-4-20(30)13-18(14-26)22(31)27-24-29-28-23(32-24)17-6-8-19(25)9-7-17/h3-13H,1-2H3,(H,27,29,31)/b18-13-. The highest BCUT2D eigenvalue weighted by molar-refractivity contribution is 7.18. The zero-order chi connectivity index (χ0) is 22.7. The van der Waals surface area contributed by atoms with E-state index in [1.165, 1.54) is 23.8 Å². The molecule has 8 heteroatoms. The van der Waals surface area contributed by atoms with Crippen molar-refractivity contribution in [2.75, 3.05) is 5.32 Å². The second-order valence-electron chi connectivity index (χ2n) is 7.11. The summed E-state index contributed by atoms with van der Waals surface area (Å²) in [5.74, 6) is -0.928. The zero-order valence-corrected chi connectivity index (χ0v) is 18.2. The summed E-state index contributed by atoms with van der Waals surface area (Å²) in [7, 11) is 0. The van der Waals surface area contributed by atoms with Gasteiger partial charge in [0.25, 0.3) is 5.91 Å². The van der Waals surface area contributed by atoms with Crippen LogP contribution in [0.15, 0.2) is 66.4 Å². The van der Waals surface area contributed by atoms with Crippen molar-refractivity contribution in [3.63, 3.8) is 0 Å². The predicted octanol–water partition coefficient (Wildman–Crippen LogP) is 5.30. The highest BCUT2D eigenvalue weighted by atomic mass is 32.1. The van der Waals surface area contributed by atoms with Crippen LogP contribution in [0.1, 0.15) is 16.8 Å². The van der Waals surface area contributed by atoms with E-state index in [1.807, 2.05) is 54.9 Å². The first-order valence-electron chi connectivity index (χ1n) is 9.72. The van der Waals surface area contributed by atoms with Gasteiger partial charge < -0.3 is 4.57 Å². The normalized spacial score (nSPS) is 11.2. The molecule has 0 unspecified atom stereocenters. The highest BCUT2D eigenvalue weighted by Gasteiger charge is 2.15. The van der Waals surface area contributed by atoms with E-state index in [2.05, 4.69) is 21.6 Å². The molecule has 1 N–H and O–H groups in total. The minimum Gasteiger partial charge on any atom is -0.317 e. The fraction of sp³-hybridized carbons (Fsp3) is 0.0833. The van der Waals surface area contributed by atoms with Crippen LogP contribution in [-0.2, 0) is 4.79 Å². The third-order valence-electron chi connectivity index (χ3n) is 4.94. The van der Waals surface area contributed by atoms with E-state index in [0.717, 1.165) is 22.6 Å². The number of nitrogens with zero attached hydrogens (tertiary/aromatic N) is 4. The van der Waals surface area contributed by atoms with Crippen molar-refractivity contribution in [3.05, 3.63) is 89.0 Å². The Labute approximate surface area is 188 Å². The number of anilines is 1. The maximum atomic E-state index is 13.1. The molecule has 0 spiro atoms. The molecule has 0 saturated heterocycles. The number of amides is 1. The topological polar surface area (TPSA) is 83.6 Å². The van der Waals surface area contributed by atoms with Crippen LogP contribution < -0.4 is 5.32 Å². The van der Waals surface area contributed by atoms with Gasteiger partial charge in [0, 0.05) is 23.1 Å². The number of aryl methyl sites for hydroxylation is 2. The Balaban J connectivity index is 1.56. The SMILES string of the molecule is Cc1ccc(-n2cccc2/C=C(/C#N)C(=O)Nc2nnc(-c3ccc(F)cc3)s2)cc1C. The van der Waals surface area contributed by atoms with Gasteiger partial charge in [-0.25, -0.2) is 4.39 Å². The smallest absolute Gasteiger partial charge is 0.268 e. The lowest BCUT2D eigenvalue weighted by Gasteiger charge is -2.09. The summed E-state index contributed by atoms with van der Waals surface area (Å²) in [6, 6.07) is 17.5. The van der Waals surface area contributed by atoms with Gasteiger partial charge in [-0.3, -0.25) is 10.1 Å². The molecule has 2 aromatic heterocycles. The van der Waals surface area contributed by atoms with E-state index in [-0.39, 0.29) is 16.5 Å². The fourth-order valence-electron chi connectivity index (χ4n) is 3.07. The fourth-order valence-corrected chi connectivity index (χ4v) is 3.81. The van der Waals surface area contributed by atoms with E-state index in [4.69, 9.17) is 0 Å². The number of hydrogen-bond acceptors (Lipinski definition) is 5. The van der Waals surface area contributed by atoms with Crippen molar-refractivity contribution in [1.29, 1.82) is 5.26 Å².